The minimum Gasteiger partial charge on any atom is -0.478 e. The molecule has 0 saturated heterocycles. The van der Waals surface area contributed by atoms with Crippen LogP contribution in [0.3, 0.4) is 0 Å². The number of aliphatic hydroxyl groups is 1. The van der Waals surface area contributed by atoms with Gasteiger partial charge in [0, 0.05) is 14.1 Å². The van der Waals surface area contributed by atoms with Gasteiger partial charge in [0.05, 0.1) is 5.56 Å². The molecule has 0 spiro atoms. The van der Waals surface area contributed by atoms with Gasteiger partial charge < -0.3 is 14.7 Å². The number of hydrogen-bond acceptors (Lipinski definition) is 3. The van der Waals surface area contributed by atoms with Gasteiger partial charge in [0.2, 0.25) is 6.10 Å². The summed E-state index contributed by atoms with van der Waals surface area (Å²) in [7, 11) is 3.11. The second-order valence-electron chi connectivity index (χ2n) is 6.42. The van der Waals surface area contributed by atoms with Crippen molar-refractivity contribution in [2.75, 3.05) is 14.1 Å². The van der Waals surface area contributed by atoms with E-state index in [2.05, 4.69) is 0 Å². The quantitative estimate of drug-likeness (QED) is 0.911. The highest BCUT2D eigenvalue weighted by Crippen LogP contribution is 2.35. The van der Waals surface area contributed by atoms with Crippen LogP contribution in [0.1, 0.15) is 37.7 Å². The molecule has 134 valence electrons. The van der Waals surface area contributed by atoms with E-state index in [-0.39, 0.29) is 5.75 Å². The molecule has 1 saturated carbocycles. The van der Waals surface area contributed by atoms with Crippen molar-refractivity contribution >= 4 is 5.91 Å². The van der Waals surface area contributed by atoms with Crippen LogP contribution in [0.15, 0.2) is 24.3 Å². The molecular formula is C17H22F3NO3. The number of benzene rings is 1. The van der Waals surface area contributed by atoms with Crippen LogP contribution in [0.4, 0.5) is 13.2 Å². The van der Waals surface area contributed by atoms with E-state index in [0.29, 0.717) is 12.8 Å². The van der Waals surface area contributed by atoms with Crippen LogP contribution < -0.4 is 4.74 Å². The number of carbonyl (C=O) groups is 1. The Hall–Kier alpha value is -1.76. The number of alkyl halides is 3. The van der Waals surface area contributed by atoms with Gasteiger partial charge in [-0.15, -0.1) is 0 Å². The summed E-state index contributed by atoms with van der Waals surface area (Å²) in [6.07, 6.45) is -2.17. The molecule has 1 N–H and O–H groups in total. The summed E-state index contributed by atoms with van der Waals surface area (Å²) in [6, 6.07) is 4.14. The Bertz CT molecular complexity index is 563. The van der Waals surface area contributed by atoms with Gasteiger partial charge in [-0.3, -0.25) is 4.79 Å². The smallest absolute Gasteiger partial charge is 0.416 e. The predicted molar refractivity (Wildman–Crippen MR) is 82.6 cm³/mol. The SMILES string of the molecule is CN(C)C(=O)C(Oc1ccc(C(F)(F)F)cc1)C1(O)CCCCC1. The van der Waals surface area contributed by atoms with Crippen molar-refractivity contribution in [3.63, 3.8) is 0 Å². The fourth-order valence-electron chi connectivity index (χ4n) is 2.91. The number of nitrogens with zero attached hydrogens (tertiary/aromatic N) is 1. The predicted octanol–water partition coefficient (Wildman–Crippen LogP) is 3.24. The van der Waals surface area contributed by atoms with Crippen molar-refractivity contribution in [3.05, 3.63) is 29.8 Å². The minimum atomic E-state index is -4.43. The molecule has 1 atom stereocenters. The Morgan fingerprint density at radius 2 is 1.71 bits per heavy atom. The second-order valence-corrected chi connectivity index (χ2v) is 6.42. The standard InChI is InChI=1S/C17H22F3NO3/c1-21(2)15(22)14(16(23)10-4-3-5-11-16)24-13-8-6-12(7-9-13)17(18,19)20/h6-9,14,23H,3-5,10-11H2,1-2H3. The summed E-state index contributed by atoms with van der Waals surface area (Å²) >= 11 is 0. The molecule has 7 heteroatoms. The van der Waals surface area contributed by atoms with E-state index < -0.39 is 29.4 Å². The lowest BCUT2D eigenvalue weighted by Crippen LogP contribution is -2.55. The molecule has 0 radical (unpaired) electrons. The Balaban J connectivity index is 2.23. The fourth-order valence-corrected chi connectivity index (χ4v) is 2.91. The first-order chi connectivity index (χ1) is 11.1. The van der Waals surface area contributed by atoms with Crippen LogP contribution >= 0.6 is 0 Å². The van der Waals surface area contributed by atoms with Crippen molar-refractivity contribution in [2.45, 2.75) is 50.0 Å². The molecule has 4 nitrogen and oxygen atoms in total. The maximum atomic E-state index is 12.6. The molecule has 1 fully saturated rings. The summed E-state index contributed by atoms with van der Waals surface area (Å²) < 4.78 is 43.5. The lowest BCUT2D eigenvalue weighted by atomic mass is 9.80. The molecule has 2 rings (SSSR count). The van der Waals surface area contributed by atoms with Crippen LogP contribution in [-0.2, 0) is 11.0 Å². The third kappa shape index (κ3) is 4.20. The highest BCUT2D eigenvalue weighted by molar-refractivity contribution is 5.82. The summed E-state index contributed by atoms with van der Waals surface area (Å²) in [6.45, 7) is 0. The number of halogens is 3. The Morgan fingerprint density at radius 1 is 1.17 bits per heavy atom. The average molecular weight is 345 g/mol. The van der Waals surface area contributed by atoms with E-state index in [4.69, 9.17) is 4.74 Å². The number of rotatable bonds is 4. The van der Waals surface area contributed by atoms with E-state index in [0.717, 1.165) is 31.4 Å². The second kappa shape index (κ2) is 7.01. The lowest BCUT2D eigenvalue weighted by Gasteiger charge is -2.39. The molecule has 1 aromatic carbocycles. The molecule has 1 aromatic rings. The highest BCUT2D eigenvalue weighted by atomic mass is 19.4. The molecular weight excluding hydrogens is 323 g/mol. The minimum absolute atomic E-state index is 0.127. The Kier molecular flexibility index (Phi) is 5.42. The van der Waals surface area contributed by atoms with Gasteiger partial charge in [0.25, 0.3) is 5.91 Å². The van der Waals surface area contributed by atoms with E-state index in [9.17, 15) is 23.1 Å². The fraction of sp³-hybridized carbons (Fsp3) is 0.588. The number of ether oxygens (including phenoxy) is 1. The first-order valence-corrected chi connectivity index (χ1v) is 7.91. The molecule has 1 aliphatic carbocycles. The van der Waals surface area contributed by atoms with E-state index in [1.165, 1.54) is 17.0 Å². The number of amides is 1. The van der Waals surface area contributed by atoms with Gasteiger partial charge in [-0.1, -0.05) is 19.3 Å². The van der Waals surface area contributed by atoms with Crippen LogP contribution in [0.5, 0.6) is 5.75 Å². The lowest BCUT2D eigenvalue weighted by molar-refractivity contribution is -0.154. The van der Waals surface area contributed by atoms with Gasteiger partial charge in [-0.25, -0.2) is 0 Å². The Morgan fingerprint density at radius 3 is 2.17 bits per heavy atom. The van der Waals surface area contributed by atoms with Gasteiger partial charge in [0.1, 0.15) is 11.4 Å². The van der Waals surface area contributed by atoms with Crippen LogP contribution in [-0.4, -0.2) is 41.7 Å². The highest BCUT2D eigenvalue weighted by Gasteiger charge is 2.45. The largest absolute Gasteiger partial charge is 0.478 e. The number of hydrogen-bond donors (Lipinski definition) is 1. The van der Waals surface area contributed by atoms with Gasteiger partial charge in [0.15, 0.2) is 0 Å². The third-order valence-electron chi connectivity index (χ3n) is 4.31. The number of carbonyl (C=O) groups excluding carboxylic acids is 1. The molecule has 0 aliphatic heterocycles. The van der Waals surface area contributed by atoms with E-state index in [1.54, 1.807) is 14.1 Å². The molecule has 0 aromatic heterocycles. The number of likely N-dealkylation sites (N-methyl/N-ethyl adjacent to an activating group) is 1. The van der Waals surface area contributed by atoms with Crippen molar-refractivity contribution < 1.29 is 27.8 Å². The van der Waals surface area contributed by atoms with E-state index >= 15 is 0 Å². The zero-order valence-electron chi connectivity index (χ0n) is 13.8. The third-order valence-corrected chi connectivity index (χ3v) is 4.31. The maximum absolute atomic E-state index is 12.6. The normalized spacial score (nSPS) is 18.8. The summed E-state index contributed by atoms with van der Waals surface area (Å²) in [4.78, 5) is 13.8. The first kappa shape index (κ1) is 18.6. The molecule has 1 unspecified atom stereocenters. The molecule has 1 aliphatic rings. The molecule has 0 bridgehead atoms. The van der Waals surface area contributed by atoms with Gasteiger partial charge >= 0.3 is 6.18 Å². The van der Waals surface area contributed by atoms with E-state index in [1.807, 2.05) is 0 Å². The van der Waals surface area contributed by atoms with Gasteiger partial charge in [-0.05, 0) is 37.1 Å². The summed E-state index contributed by atoms with van der Waals surface area (Å²) in [5, 5.41) is 10.8. The van der Waals surface area contributed by atoms with Crippen molar-refractivity contribution in [2.24, 2.45) is 0 Å². The van der Waals surface area contributed by atoms with Crippen LogP contribution in [0.25, 0.3) is 0 Å². The topological polar surface area (TPSA) is 49.8 Å². The zero-order valence-corrected chi connectivity index (χ0v) is 13.8. The van der Waals surface area contributed by atoms with Crippen molar-refractivity contribution in [1.29, 1.82) is 0 Å². The van der Waals surface area contributed by atoms with Crippen LogP contribution in [0.2, 0.25) is 0 Å². The monoisotopic (exact) mass is 345 g/mol. The van der Waals surface area contributed by atoms with Crippen LogP contribution in [0, 0.1) is 0 Å². The molecule has 1 amide bonds. The molecule has 0 heterocycles. The Labute approximate surface area is 139 Å². The first-order valence-electron chi connectivity index (χ1n) is 7.91. The maximum Gasteiger partial charge on any atom is 0.416 e. The van der Waals surface area contributed by atoms with Gasteiger partial charge in [-0.2, -0.15) is 13.2 Å². The van der Waals surface area contributed by atoms with Crippen molar-refractivity contribution in [1.82, 2.24) is 4.90 Å². The zero-order chi connectivity index (χ0) is 18.0. The molecule has 24 heavy (non-hydrogen) atoms. The summed E-state index contributed by atoms with van der Waals surface area (Å²) in [5.74, 6) is -0.276. The average Bonchev–Trinajstić information content (AvgIpc) is 2.52. The summed E-state index contributed by atoms with van der Waals surface area (Å²) in [5.41, 5.74) is -2.09. The van der Waals surface area contributed by atoms with Crippen molar-refractivity contribution in [3.8, 4) is 5.75 Å².